The SMILES string of the molecule is COC(=O)c1ccc(NC(=O)c2cc(Nc3ccccc3)ncn2)cc1. The van der Waals surface area contributed by atoms with Gasteiger partial charge >= 0.3 is 5.97 Å². The molecule has 3 rings (SSSR count). The fourth-order valence-corrected chi connectivity index (χ4v) is 2.22. The molecular formula is C19H16N4O3. The quantitative estimate of drug-likeness (QED) is 0.688. The summed E-state index contributed by atoms with van der Waals surface area (Å²) in [6.07, 6.45) is 1.32. The van der Waals surface area contributed by atoms with Crippen LogP contribution in [0.4, 0.5) is 17.2 Å². The summed E-state index contributed by atoms with van der Waals surface area (Å²) < 4.78 is 4.64. The van der Waals surface area contributed by atoms with Gasteiger partial charge in [-0.05, 0) is 36.4 Å². The number of carbonyl (C=O) groups is 2. The van der Waals surface area contributed by atoms with E-state index in [0.717, 1.165) is 5.69 Å². The number of methoxy groups -OCH3 is 1. The van der Waals surface area contributed by atoms with Crippen molar-refractivity contribution in [2.75, 3.05) is 17.7 Å². The van der Waals surface area contributed by atoms with Crippen molar-refractivity contribution in [3.05, 3.63) is 78.2 Å². The van der Waals surface area contributed by atoms with Gasteiger partial charge in [0.05, 0.1) is 12.7 Å². The molecule has 0 saturated heterocycles. The van der Waals surface area contributed by atoms with Crippen molar-refractivity contribution in [3.63, 3.8) is 0 Å². The fourth-order valence-electron chi connectivity index (χ4n) is 2.22. The van der Waals surface area contributed by atoms with Gasteiger partial charge in [-0.25, -0.2) is 14.8 Å². The molecule has 0 fully saturated rings. The first-order chi connectivity index (χ1) is 12.7. The van der Waals surface area contributed by atoms with Crippen LogP contribution in [-0.2, 0) is 4.74 Å². The minimum atomic E-state index is -0.435. The molecule has 0 bridgehead atoms. The van der Waals surface area contributed by atoms with Crippen LogP contribution in [0.3, 0.4) is 0 Å². The van der Waals surface area contributed by atoms with Crippen molar-refractivity contribution in [2.24, 2.45) is 0 Å². The lowest BCUT2D eigenvalue weighted by molar-refractivity contribution is 0.0600. The summed E-state index contributed by atoms with van der Waals surface area (Å²) in [4.78, 5) is 31.9. The Balaban J connectivity index is 1.70. The first kappa shape index (κ1) is 17.1. The summed E-state index contributed by atoms with van der Waals surface area (Å²) >= 11 is 0. The van der Waals surface area contributed by atoms with Crippen LogP contribution < -0.4 is 10.6 Å². The number of anilines is 3. The molecule has 0 unspecified atom stereocenters. The molecule has 1 aromatic heterocycles. The minimum absolute atomic E-state index is 0.218. The van der Waals surface area contributed by atoms with Gasteiger partial charge < -0.3 is 15.4 Å². The Morgan fingerprint density at radius 3 is 2.35 bits per heavy atom. The summed E-state index contributed by atoms with van der Waals surface area (Å²) in [7, 11) is 1.31. The molecule has 0 saturated carbocycles. The van der Waals surface area contributed by atoms with Crippen LogP contribution in [0.5, 0.6) is 0 Å². The van der Waals surface area contributed by atoms with Gasteiger partial charge in [-0.15, -0.1) is 0 Å². The molecule has 2 N–H and O–H groups in total. The number of hydrogen-bond donors (Lipinski definition) is 2. The van der Waals surface area contributed by atoms with Crippen LogP contribution in [0.1, 0.15) is 20.8 Å². The smallest absolute Gasteiger partial charge is 0.337 e. The predicted octanol–water partition coefficient (Wildman–Crippen LogP) is 3.26. The maximum atomic E-state index is 12.4. The van der Waals surface area contributed by atoms with E-state index in [1.807, 2.05) is 30.3 Å². The highest BCUT2D eigenvalue weighted by Gasteiger charge is 2.10. The van der Waals surface area contributed by atoms with E-state index < -0.39 is 5.97 Å². The van der Waals surface area contributed by atoms with Gasteiger partial charge in [-0.1, -0.05) is 18.2 Å². The lowest BCUT2D eigenvalue weighted by Gasteiger charge is -2.08. The van der Waals surface area contributed by atoms with Crippen LogP contribution in [-0.4, -0.2) is 29.0 Å². The van der Waals surface area contributed by atoms with Gasteiger partial charge in [0.1, 0.15) is 17.8 Å². The highest BCUT2D eigenvalue weighted by molar-refractivity contribution is 6.03. The van der Waals surface area contributed by atoms with Crippen LogP contribution in [0.15, 0.2) is 67.0 Å². The van der Waals surface area contributed by atoms with E-state index in [9.17, 15) is 9.59 Å². The number of nitrogens with one attached hydrogen (secondary N) is 2. The highest BCUT2D eigenvalue weighted by Crippen LogP contribution is 2.15. The average molecular weight is 348 g/mol. The zero-order valence-electron chi connectivity index (χ0n) is 14.0. The Kier molecular flexibility index (Phi) is 5.19. The summed E-state index contributed by atoms with van der Waals surface area (Å²) in [5, 5.41) is 5.83. The van der Waals surface area contributed by atoms with E-state index in [1.165, 1.54) is 13.4 Å². The standard InChI is InChI=1S/C19H16N4O3/c1-26-19(25)13-7-9-15(10-8-13)23-18(24)16-11-17(21-12-20-16)22-14-5-3-2-4-6-14/h2-12H,1H3,(H,23,24)(H,20,21,22). The van der Waals surface area contributed by atoms with Crippen molar-refractivity contribution in [1.29, 1.82) is 0 Å². The molecule has 1 heterocycles. The molecule has 0 aliphatic rings. The third-order valence-electron chi connectivity index (χ3n) is 3.51. The van der Waals surface area contributed by atoms with Crippen molar-refractivity contribution in [2.45, 2.75) is 0 Å². The topological polar surface area (TPSA) is 93.2 Å². The van der Waals surface area contributed by atoms with Crippen LogP contribution in [0.2, 0.25) is 0 Å². The molecule has 0 aliphatic carbocycles. The number of amides is 1. The molecule has 7 nitrogen and oxygen atoms in total. The predicted molar refractivity (Wildman–Crippen MR) is 97.5 cm³/mol. The zero-order chi connectivity index (χ0) is 18.4. The van der Waals surface area contributed by atoms with Crippen LogP contribution >= 0.6 is 0 Å². The number of benzene rings is 2. The molecule has 7 heteroatoms. The fraction of sp³-hybridized carbons (Fsp3) is 0.0526. The number of rotatable bonds is 5. The van der Waals surface area contributed by atoms with Crippen molar-refractivity contribution in [1.82, 2.24) is 9.97 Å². The van der Waals surface area contributed by atoms with Crippen molar-refractivity contribution in [3.8, 4) is 0 Å². The van der Waals surface area contributed by atoms with Crippen LogP contribution in [0.25, 0.3) is 0 Å². The second-order valence-corrected chi connectivity index (χ2v) is 5.30. The minimum Gasteiger partial charge on any atom is -0.465 e. The maximum Gasteiger partial charge on any atom is 0.337 e. The molecule has 26 heavy (non-hydrogen) atoms. The number of ether oxygens (including phenoxy) is 1. The molecular weight excluding hydrogens is 332 g/mol. The Labute approximate surface area is 150 Å². The van der Waals surface area contributed by atoms with Gasteiger partial charge in [0, 0.05) is 17.4 Å². The Morgan fingerprint density at radius 2 is 1.65 bits per heavy atom. The molecule has 0 spiro atoms. The number of carbonyl (C=O) groups excluding carboxylic acids is 2. The van der Waals surface area contributed by atoms with Gasteiger partial charge in [0.15, 0.2) is 0 Å². The Hall–Kier alpha value is -3.74. The molecule has 2 aromatic carbocycles. The summed E-state index contributed by atoms with van der Waals surface area (Å²) in [6, 6.07) is 17.4. The molecule has 0 aliphatic heterocycles. The summed E-state index contributed by atoms with van der Waals surface area (Å²) in [5.41, 5.74) is 2.02. The lowest BCUT2D eigenvalue weighted by Crippen LogP contribution is -2.14. The van der Waals surface area contributed by atoms with Gasteiger partial charge in [-0.2, -0.15) is 0 Å². The van der Waals surface area contributed by atoms with E-state index in [0.29, 0.717) is 17.1 Å². The summed E-state index contributed by atoms with van der Waals surface area (Å²) in [5.74, 6) is -0.304. The monoisotopic (exact) mass is 348 g/mol. The number of hydrogen-bond acceptors (Lipinski definition) is 6. The molecule has 0 radical (unpaired) electrons. The van der Waals surface area contributed by atoms with Crippen LogP contribution in [0, 0.1) is 0 Å². The van der Waals surface area contributed by atoms with E-state index in [2.05, 4.69) is 25.3 Å². The first-order valence-corrected chi connectivity index (χ1v) is 7.79. The van der Waals surface area contributed by atoms with Gasteiger partial charge in [-0.3, -0.25) is 4.79 Å². The third kappa shape index (κ3) is 4.21. The molecule has 1 amide bonds. The van der Waals surface area contributed by atoms with E-state index in [1.54, 1.807) is 30.3 Å². The normalized spacial score (nSPS) is 10.0. The molecule has 3 aromatic rings. The maximum absolute atomic E-state index is 12.4. The van der Waals surface area contributed by atoms with Crippen molar-refractivity contribution >= 4 is 29.1 Å². The number of aromatic nitrogens is 2. The third-order valence-corrected chi connectivity index (χ3v) is 3.51. The second kappa shape index (κ2) is 7.89. The van der Waals surface area contributed by atoms with Gasteiger partial charge in [0.25, 0.3) is 5.91 Å². The van der Waals surface area contributed by atoms with E-state index >= 15 is 0 Å². The Bertz CT molecular complexity index is 912. The molecule has 0 atom stereocenters. The highest BCUT2D eigenvalue weighted by atomic mass is 16.5. The van der Waals surface area contributed by atoms with E-state index in [4.69, 9.17) is 0 Å². The molecule has 130 valence electrons. The number of nitrogens with zero attached hydrogens (tertiary/aromatic N) is 2. The summed E-state index contributed by atoms with van der Waals surface area (Å²) in [6.45, 7) is 0. The average Bonchev–Trinajstić information content (AvgIpc) is 2.69. The first-order valence-electron chi connectivity index (χ1n) is 7.79. The van der Waals surface area contributed by atoms with Gasteiger partial charge in [0.2, 0.25) is 0 Å². The zero-order valence-corrected chi connectivity index (χ0v) is 14.0. The second-order valence-electron chi connectivity index (χ2n) is 5.30. The lowest BCUT2D eigenvalue weighted by atomic mass is 10.2. The number of para-hydroxylation sites is 1. The number of esters is 1. The van der Waals surface area contributed by atoms with Crippen molar-refractivity contribution < 1.29 is 14.3 Å². The largest absolute Gasteiger partial charge is 0.465 e. The Morgan fingerprint density at radius 1 is 0.923 bits per heavy atom. The van der Waals surface area contributed by atoms with E-state index in [-0.39, 0.29) is 11.6 Å².